The number of hydrogen-bond acceptors (Lipinski definition) is 6. The third-order valence-electron chi connectivity index (χ3n) is 4.38. The Balaban J connectivity index is 1.70. The molecule has 9 heteroatoms. The standard InChI is InChI=1S/C19H18N6O2S/c1-13(14-5-3-2-4-6-14)23-19-21-10-9-18(24-19)25-12-22-16-8-7-15(11-17(16)25)28(20,26)27/h2-13H,1H3,(H2,20,26,27)(H,21,23,24). The lowest BCUT2D eigenvalue weighted by atomic mass is 10.1. The first-order valence-corrected chi connectivity index (χ1v) is 10.1. The molecular weight excluding hydrogens is 376 g/mol. The first-order chi connectivity index (χ1) is 13.4. The Morgan fingerprint density at radius 3 is 2.61 bits per heavy atom. The molecule has 0 fully saturated rings. The summed E-state index contributed by atoms with van der Waals surface area (Å²) in [6.07, 6.45) is 3.22. The summed E-state index contributed by atoms with van der Waals surface area (Å²) in [5, 5.41) is 8.52. The molecule has 0 saturated carbocycles. The second kappa shape index (κ2) is 7.02. The largest absolute Gasteiger partial charge is 0.348 e. The number of sulfonamides is 1. The van der Waals surface area contributed by atoms with Gasteiger partial charge in [0.2, 0.25) is 16.0 Å². The van der Waals surface area contributed by atoms with E-state index in [1.54, 1.807) is 29.2 Å². The van der Waals surface area contributed by atoms with Crippen molar-refractivity contribution in [3.05, 3.63) is 72.7 Å². The Labute approximate surface area is 162 Å². The van der Waals surface area contributed by atoms with E-state index in [2.05, 4.69) is 20.3 Å². The Morgan fingerprint density at radius 2 is 1.86 bits per heavy atom. The van der Waals surface area contributed by atoms with E-state index in [9.17, 15) is 8.42 Å². The van der Waals surface area contributed by atoms with Crippen LogP contribution in [0.2, 0.25) is 0 Å². The van der Waals surface area contributed by atoms with Crippen LogP contribution in [-0.2, 0) is 10.0 Å². The van der Waals surface area contributed by atoms with Gasteiger partial charge in [-0.25, -0.2) is 23.5 Å². The van der Waals surface area contributed by atoms with Crippen molar-refractivity contribution >= 4 is 27.0 Å². The average molecular weight is 394 g/mol. The van der Waals surface area contributed by atoms with Gasteiger partial charge in [0.05, 0.1) is 22.0 Å². The highest BCUT2D eigenvalue weighted by Gasteiger charge is 2.13. The molecular formula is C19H18N6O2S. The number of hydrogen-bond donors (Lipinski definition) is 2. The minimum Gasteiger partial charge on any atom is -0.348 e. The van der Waals surface area contributed by atoms with Gasteiger partial charge in [-0.1, -0.05) is 30.3 Å². The fraction of sp³-hybridized carbons (Fsp3) is 0.105. The molecule has 4 aromatic rings. The molecule has 0 radical (unpaired) electrons. The van der Waals surface area contributed by atoms with Crippen LogP contribution in [-0.4, -0.2) is 27.9 Å². The lowest BCUT2D eigenvalue weighted by molar-refractivity contribution is 0.598. The maximum Gasteiger partial charge on any atom is 0.238 e. The molecule has 3 N–H and O–H groups in total. The van der Waals surface area contributed by atoms with Crippen LogP contribution >= 0.6 is 0 Å². The zero-order chi connectivity index (χ0) is 19.7. The van der Waals surface area contributed by atoms with E-state index in [1.807, 2.05) is 37.3 Å². The van der Waals surface area contributed by atoms with E-state index >= 15 is 0 Å². The second-order valence-corrected chi connectivity index (χ2v) is 7.89. The fourth-order valence-corrected chi connectivity index (χ4v) is 3.45. The quantitative estimate of drug-likeness (QED) is 0.538. The summed E-state index contributed by atoms with van der Waals surface area (Å²) < 4.78 is 25.0. The smallest absolute Gasteiger partial charge is 0.238 e. The summed E-state index contributed by atoms with van der Waals surface area (Å²) in [6.45, 7) is 2.02. The zero-order valence-corrected chi connectivity index (χ0v) is 15.8. The average Bonchev–Trinajstić information content (AvgIpc) is 3.11. The van der Waals surface area contributed by atoms with Gasteiger partial charge in [-0.05, 0) is 36.8 Å². The molecule has 0 aliphatic heterocycles. The number of primary sulfonamides is 1. The molecule has 4 rings (SSSR count). The topological polar surface area (TPSA) is 116 Å². The van der Waals surface area contributed by atoms with Crippen LogP contribution in [0.4, 0.5) is 5.95 Å². The lowest BCUT2D eigenvalue weighted by Crippen LogP contribution is -2.12. The third-order valence-corrected chi connectivity index (χ3v) is 5.29. The van der Waals surface area contributed by atoms with Crippen LogP contribution in [0.3, 0.4) is 0 Å². The molecule has 0 bridgehead atoms. The predicted octanol–water partition coefficient (Wildman–Crippen LogP) is 2.64. The number of nitrogens with one attached hydrogen (secondary N) is 1. The lowest BCUT2D eigenvalue weighted by Gasteiger charge is -2.14. The van der Waals surface area contributed by atoms with Crippen molar-refractivity contribution in [1.82, 2.24) is 19.5 Å². The van der Waals surface area contributed by atoms with Crippen molar-refractivity contribution in [1.29, 1.82) is 0 Å². The van der Waals surface area contributed by atoms with Gasteiger partial charge in [-0.3, -0.25) is 4.57 Å². The van der Waals surface area contributed by atoms with E-state index in [-0.39, 0.29) is 10.9 Å². The highest BCUT2D eigenvalue weighted by molar-refractivity contribution is 7.89. The molecule has 2 aromatic heterocycles. The normalized spacial score (nSPS) is 12.8. The van der Waals surface area contributed by atoms with Gasteiger partial charge in [-0.2, -0.15) is 4.98 Å². The number of anilines is 1. The minimum absolute atomic E-state index is 0.0185. The Morgan fingerprint density at radius 1 is 1.07 bits per heavy atom. The number of fused-ring (bicyclic) bond motifs is 1. The van der Waals surface area contributed by atoms with Crippen molar-refractivity contribution in [3.63, 3.8) is 0 Å². The van der Waals surface area contributed by atoms with Gasteiger partial charge in [0.25, 0.3) is 0 Å². The van der Waals surface area contributed by atoms with Crippen LogP contribution in [0.1, 0.15) is 18.5 Å². The molecule has 2 aromatic carbocycles. The van der Waals surface area contributed by atoms with Crippen molar-refractivity contribution in [2.24, 2.45) is 5.14 Å². The monoisotopic (exact) mass is 394 g/mol. The van der Waals surface area contributed by atoms with Crippen molar-refractivity contribution in [3.8, 4) is 5.82 Å². The molecule has 1 atom stereocenters. The molecule has 0 aliphatic carbocycles. The van der Waals surface area contributed by atoms with Gasteiger partial charge < -0.3 is 5.32 Å². The fourth-order valence-electron chi connectivity index (χ4n) is 2.92. The Kier molecular flexibility index (Phi) is 4.54. The minimum atomic E-state index is -3.81. The first kappa shape index (κ1) is 18.1. The van der Waals surface area contributed by atoms with Crippen LogP contribution < -0.4 is 10.5 Å². The Bertz CT molecular complexity index is 1240. The maximum atomic E-state index is 11.7. The van der Waals surface area contributed by atoms with Crippen molar-refractivity contribution < 1.29 is 8.42 Å². The molecule has 0 amide bonds. The molecule has 0 saturated heterocycles. The maximum absolute atomic E-state index is 11.7. The van der Waals surface area contributed by atoms with Crippen LogP contribution in [0.5, 0.6) is 0 Å². The second-order valence-electron chi connectivity index (χ2n) is 6.33. The summed E-state index contributed by atoms with van der Waals surface area (Å²) >= 11 is 0. The SMILES string of the molecule is CC(Nc1nccc(-n2cnc3ccc(S(N)(=O)=O)cc32)n1)c1ccccc1. The van der Waals surface area contributed by atoms with Gasteiger partial charge >= 0.3 is 0 Å². The molecule has 1 unspecified atom stereocenters. The van der Waals surface area contributed by atoms with E-state index in [0.29, 0.717) is 22.8 Å². The van der Waals surface area contributed by atoms with Crippen LogP contribution in [0.15, 0.2) is 72.0 Å². The van der Waals surface area contributed by atoms with Crippen molar-refractivity contribution in [2.75, 3.05) is 5.32 Å². The molecule has 142 valence electrons. The number of nitrogens with zero attached hydrogens (tertiary/aromatic N) is 4. The summed E-state index contributed by atoms with van der Waals surface area (Å²) in [7, 11) is -3.81. The molecule has 2 heterocycles. The van der Waals surface area contributed by atoms with E-state index in [1.165, 1.54) is 12.1 Å². The number of imidazole rings is 1. The molecule has 8 nitrogen and oxygen atoms in total. The predicted molar refractivity (Wildman–Crippen MR) is 107 cm³/mol. The number of nitrogens with two attached hydrogens (primary N) is 1. The third kappa shape index (κ3) is 3.57. The summed E-state index contributed by atoms with van der Waals surface area (Å²) in [4.78, 5) is 13.1. The van der Waals surface area contributed by atoms with Gasteiger partial charge in [0.1, 0.15) is 12.1 Å². The number of benzene rings is 2. The van der Waals surface area contributed by atoms with Gasteiger partial charge in [-0.15, -0.1) is 0 Å². The molecule has 28 heavy (non-hydrogen) atoms. The van der Waals surface area contributed by atoms with Gasteiger partial charge in [0, 0.05) is 6.20 Å². The van der Waals surface area contributed by atoms with Crippen molar-refractivity contribution in [2.45, 2.75) is 17.9 Å². The van der Waals surface area contributed by atoms with E-state index < -0.39 is 10.0 Å². The zero-order valence-electron chi connectivity index (χ0n) is 15.0. The molecule has 0 spiro atoms. The Hall–Kier alpha value is -3.30. The highest BCUT2D eigenvalue weighted by atomic mass is 32.2. The van der Waals surface area contributed by atoms with Crippen LogP contribution in [0, 0.1) is 0 Å². The van der Waals surface area contributed by atoms with E-state index in [4.69, 9.17) is 5.14 Å². The number of aromatic nitrogens is 4. The van der Waals surface area contributed by atoms with Gasteiger partial charge in [0.15, 0.2) is 0 Å². The first-order valence-electron chi connectivity index (χ1n) is 8.56. The summed E-state index contributed by atoms with van der Waals surface area (Å²) in [6, 6.07) is 16.3. The summed E-state index contributed by atoms with van der Waals surface area (Å²) in [5.41, 5.74) is 2.34. The van der Waals surface area contributed by atoms with Crippen LogP contribution in [0.25, 0.3) is 16.9 Å². The number of rotatable bonds is 5. The van der Waals surface area contributed by atoms with E-state index in [0.717, 1.165) is 5.56 Å². The highest BCUT2D eigenvalue weighted by Crippen LogP contribution is 2.22. The summed E-state index contributed by atoms with van der Waals surface area (Å²) in [5.74, 6) is 1.02. The molecule has 0 aliphatic rings.